The Morgan fingerprint density at radius 1 is 1.53 bits per heavy atom. The van der Waals surface area contributed by atoms with Gasteiger partial charge in [0.15, 0.2) is 0 Å². The van der Waals surface area contributed by atoms with Crippen LogP contribution in [-0.2, 0) is 26.6 Å². The molecule has 0 aliphatic carbocycles. The van der Waals surface area contributed by atoms with Gasteiger partial charge in [0.05, 0.1) is 17.5 Å². The van der Waals surface area contributed by atoms with E-state index >= 15 is 0 Å². The number of nitrogens with one attached hydrogen (secondary N) is 1. The van der Waals surface area contributed by atoms with E-state index in [2.05, 4.69) is 20.0 Å². The first-order chi connectivity index (χ1) is 9.11. The average molecular weight is 260 g/mol. The number of H-pyrrole nitrogens is 1. The molecule has 7 nitrogen and oxygen atoms in total. The number of nitrogen functional groups attached to an aromatic ring is 1. The molecule has 0 unspecified atom stereocenters. The molecule has 2 aromatic heterocycles. The molecular weight excluding hydrogens is 244 g/mol. The molecule has 1 aliphatic heterocycles. The lowest BCUT2D eigenvalue weighted by molar-refractivity contribution is 0.242. The van der Waals surface area contributed by atoms with E-state index in [1.807, 2.05) is 19.4 Å². The van der Waals surface area contributed by atoms with E-state index in [1.54, 1.807) is 4.68 Å². The first-order valence-electron chi connectivity index (χ1n) is 6.19. The standard InChI is InChI=1S/C12H16N6O/c1-17-5-8(4-14-17)6-18-3-2-10-9(7-18)11(19)16-12(13)15-10/h4-5H,2-3,6-7H2,1H3,(H3,13,15,16,19). The van der Waals surface area contributed by atoms with Crippen molar-refractivity contribution in [1.82, 2.24) is 24.6 Å². The summed E-state index contributed by atoms with van der Waals surface area (Å²) in [4.78, 5) is 20.8. The Kier molecular flexibility index (Phi) is 2.83. The van der Waals surface area contributed by atoms with Crippen molar-refractivity contribution in [1.29, 1.82) is 0 Å². The molecule has 0 saturated carbocycles. The Labute approximate surface area is 110 Å². The summed E-state index contributed by atoms with van der Waals surface area (Å²) in [5.41, 5.74) is 8.12. The summed E-state index contributed by atoms with van der Waals surface area (Å²) >= 11 is 0. The fourth-order valence-corrected chi connectivity index (χ4v) is 2.45. The Morgan fingerprint density at radius 2 is 2.37 bits per heavy atom. The minimum atomic E-state index is -0.126. The predicted molar refractivity (Wildman–Crippen MR) is 70.3 cm³/mol. The summed E-state index contributed by atoms with van der Waals surface area (Å²) in [6.45, 7) is 2.27. The molecule has 0 fully saturated rings. The first kappa shape index (κ1) is 11.9. The molecule has 0 amide bonds. The van der Waals surface area contributed by atoms with Crippen molar-refractivity contribution in [2.75, 3.05) is 12.3 Å². The van der Waals surface area contributed by atoms with E-state index in [1.165, 1.54) is 0 Å². The second-order valence-corrected chi connectivity index (χ2v) is 4.86. The third-order valence-electron chi connectivity index (χ3n) is 3.33. The number of rotatable bonds is 2. The lowest BCUT2D eigenvalue weighted by Gasteiger charge is -2.26. The molecule has 7 heteroatoms. The summed E-state index contributed by atoms with van der Waals surface area (Å²) in [6, 6.07) is 0. The molecule has 2 aromatic rings. The van der Waals surface area contributed by atoms with Crippen molar-refractivity contribution in [3.05, 3.63) is 39.6 Å². The topological polar surface area (TPSA) is 92.8 Å². The average Bonchev–Trinajstić information content (AvgIpc) is 2.75. The van der Waals surface area contributed by atoms with Crippen LogP contribution in [0.2, 0.25) is 0 Å². The van der Waals surface area contributed by atoms with E-state index in [0.29, 0.717) is 6.54 Å². The van der Waals surface area contributed by atoms with E-state index in [9.17, 15) is 4.79 Å². The smallest absolute Gasteiger partial charge is 0.257 e. The monoisotopic (exact) mass is 260 g/mol. The number of aromatic nitrogens is 4. The Hall–Kier alpha value is -2.15. The number of aromatic amines is 1. The minimum Gasteiger partial charge on any atom is -0.369 e. The molecule has 0 radical (unpaired) electrons. The summed E-state index contributed by atoms with van der Waals surface area (Å²) in [5, 5.41) is 4.15. The van der Waals surface area contributed by atoms with Gasteiger partial charge in [-0.15, -0.1) is 0 Å². The van der Waals surface area contributed by atoms with Crippen LogP contribution in [0.5, 0.6) is 0 Å². The second-order valence-electron chi connectivity index (χ2n) is 4.86. The zero-order valence-electron chi connectivity index (χ0n) is 10.8. The zero-order valence-corrected chi connectivity index (χ0v) is 10.8. The fourth-order valence-electron chi connectivity index (χ4n) is 2.45. The molecular formula is C12H16N6O. The minimum absolute atomic E-state index is 0.126. The lowest BCUT2D eigenvalue weighted by Crippen LogP contribution is -2.35. The third kappa shape index (κ3) is 2.37. The van der Waals surface area contributed by atoms with Gasteiger partial charge in [-0.1, -0.05) is 0 Å². The van der Waals surface area contributed by atoms with Crippen LogP contribution in [0, 0.1) is 0 Å². The number of aryl methyl sites for hydroxylation is 1. The highest BCUT2D eigenvalue weighted by Crippen LogP contribution is 2.16. The molecule has 0 saturated heterocycles. The number of fused-ring (bicyclic) bond motifs is 1. The number of hydrogen-bond donors (Lipinski definition) is 2. The van der Waals surface area contributed by atoms with Crippen LogP contribution < -0.4 is 11.3 Å². The Morgan fingerprint density at radius 3 is 3.11 bits per heavy atom. The molecule has 19 heavy (non-hydrogen) atoms. The van der Waals surface area contributed by atoms with Crippen molar-refractivity contribution in [2.24, 2.45) is 7.05 Å². The molecule has 3 rings (SSSR count). The molecule has 0 aromatic carbocycles. The highest BCUT2D eigenvalue weighted by Gasteiger charge is 2.21. The van der Waals surface area contributed by atoms with Gasteiger partial charge in [0, 0.05) is 44.9 Å². The summed E-state index contributed by atoms with van der Waals surface area (Å²) in [5.74, 6) is 0.199. The summed E-state index contributed by atoms with van der Waals surface area (Å²) in [7, 11) is 1.90. The van der Waals surface area contributed by atoms with Crippen LogP contribution in [0.25, 0.3) is 0 Å². The van der Waals surface area contributed by atoms with Gasteiger partial charge in [0.25, 0.3) is 5.56 Å². The van der Waals surface area contributed by atoms with Gasteiger partial charge >= 0.3 is 0 Å². The number of hydrogen-bond acceptors (Lipinski definition) is 5. The van der Waals surface area contributed by atoms with E-state index < -0.39 is 0 Å². The SMILES string of the molecule is Cn1cc(CN2CCc3nc(N)[nH]c(=O)c3C2)cn1. The van der Waals surface area contributed by atoms with Crippen LogP contribution in [0.4, 0.5) is 5.95 Å². The first-order valence-corrected chi connectivity index (χ1v) is 6.19. The van der Waals surface area contributed by atoms with Crippen LogP contribution >= 0.6 is 0 Å². The second kappa shape index (κ2) is 4.51. The van der Waals surface area contributed by atoms with Crippen LogP contribution in [0.15, 0.2) is 17.2 Å². The molecule has 0 bridgehead atoms. The van der Waals surface area contributed by atoms with E-state index in [-0.39, 0.29) is 11.5 Å². The van der Waals surface area contributed by atoms with Gasteiger partial charge in [-0.25, -0.2) is 4.98 Å². The van der Waals surface area contributed by atoms with Gasteiger partial charge < -0.3 is 5.73 Å². The maximum atomic E-state index is 11.9. The van der Waals surface area contributed by atoms with Gasteiger partial charge in [0.1, 0.15) is 0 Å². The highest BCUT2D eigenvalue weighted by atomic mass is 16.1. The molecule has 3 heterocycles. The molecule has 1 aliphatic rings. The third-order valence-corrected chi connectivity index (χ3v) is 3.33. The quantitative estimate of drug-likeness (QED) is 0.769. The largest absolute Gasteiger partial charge is 0.369 e. The lowest BCUT2D eigenvalue weighted by atomic mass is 10.1. The van der Waals surface area contributed by atoms with Gasteiger partial charge in [-0.05, 0) is 0 Å². The van der Waals surface area contributed by atoms with E-state index in [0.717, 1.165) is 36.3 Å². The van der Waals surface area contributed by atoms with Gasteiger partial charge in [-0.2, -0.15) is 5.10 Å². The number of nitrogens with zero attached hydrogens (tertiary/aromatic N) is 4. The zero-order chi connectivity index (χ0) is 13.4. The predicted octanol–water partition coefficient (Wildman–Crippen LogP) is -0.356. The van der Waals surface area contributed by atoms with Crippen molar-refractivity contribution in [2.45, 2.75) is 19.5 Å². The number of nitrogens with two attached hydrogens (primary N) is 1. The van der Waals surface area contributed by atoms with Gasteiger partial charge in [-0.3, -0.25) is 19.4 Å². The van der Waals surface area contributed by atoms with Crippen molar-refractivity contribution >= 4 is 5.95 Å². The Balaban J connectivity index is 1.80. The maximum Gasteiger partial charge on any atom is 0.257 e. The summed E-state index contributed by atoms with van der Waals surface area (Å²) < 4.78 is 1.78. The molecule has 3 N–H and O–H groups in total. The van der Waals surface area contributed by atoms with Crippen molar-refractivity contribution < 1.29 is 0 Å². The van der Waals surface area contributed by atoms with Crippen LogP contribution in [0.3, 0.4) is 0 Å². The van der Waals surface area contributed by atoms with Gasteiger partial charge in [0.2, 0.25) is 5.95 Å². The molecule has 0 spiro atoms. The summed E-state index contributed by atoms with van der Waals surface area (Å²) in [6.07, 6.45) is 4.59. The van der Waals surface area contributed by atoms with Crippen molar-refractivity contribution in [3.8, 4) is 0 Å². The highest BCUT2D eigenvalue weighted by molar-refractivity contribution is 5.27. The Bertz CT molecular complexity index is 658. The maximum absolute atomic E-state index is 11.9. The van der Waals surface area contributed by atoms with Crippen LogP contribution in [-0.4, -0.2) is 31.2 Å². The fraction of sp³-hybridized carbons (Fsp3) is 0.417. The van der Waals surface area contributed by atoms with Crippen LogP contribution in [0.1, 0.15) is 16.8 Å². The number of anilines is 1. The van der Waals surface area contributed by atoms with E-state index in [4.69, 9.17) is 5.73 Å². The molecule has 100 valence electrons. The molecule has 0 atom stereocenters. The van der Waals surface area contributed by atoms with Crippen molar-refractivity contribution in [3.63, 3.8) is 0 Å². The normalized spacial score (nSPS) is 15.4.